The van der Waals surface area contributed by atoms with Gasteiger partial charge in [0.25, 0.3) is 0 Å². The Morgan fingerprint density at radius 1 is 1.27 bits per heavy atom. The van der Waals surface area contributed by atoms with Crippen molar-refractivity contribution in [2.75, 3.05) is 17.5 Å². The smallest absolute Gasteiger partial charge is 0.00234 e. The van der Waals surface area contributed by atoms with Gasteiger partial charge in [0, 0.05) is 12.5 Å². The Morgan fingerprint density at radius 3 is 2.93 bits per heavy atom. The molecule has 15 heavy (non-hydrogen) atoms. The van der Waals surface area contributed by atoms with E-state index in [1.807, 2.05) is 0 Å². The maximum atomic E-state index is 3.56. The van der Waals surface area contributed by atoms with Crippen molar-refractivity contribution >= 4 is 22.6 Å². The Labute approximate surface area is 106 Å². The van der Waals surface area contributed by atoms with Gasteiger partial charge in [0.1, 0.15) is 0 Å². The molecule has 0 aliphatic heterocycles. The molecule has 0 bridgehead atoms. The van der Waals surface area contributed by atoms with Gasteiger partial charge in [-0.3, -0.25) is 0 Å². The number of halogens is 1. The molecule has 2 heteroatoms. The fourth-order valence-electron chi connectivity index (χ4n) is 2.17. The zero-order chi connectivity index (χ0) is 10.5. The minimum absolute atomic E-state index is 0.779. The Hall–Kier alpha value is -0.0900. The number of nitrogens with one attached hydrogen (secondary N) is 1. The Morgan fingerprint density at radius 2 is 2.13 bits per heavy atom. The van der Waals surface area contributed by atoms with E-state index < -0.39 is 0 Å². The molecule has 0 radical (unpaired) electrons. The highest BCUT2D eigenvalue weighted by Crippen LogP contribution is 2.33. The predicted molar refractivity (Wildman–Crippen MR) is 73.9 cm³/mol. The van der Waals surface area contributed by atoms with Crippen LogP contribution in [0.4, 0.5) is 0 Å². The van der Waals surface area contributed by atoms with Crippen LogP contribution in [0.3, 0.4) is 0 Å². The minimum Gasteiger partial charge on any atom is -0.316 e. The summed E-state index contributed by atoms with van der Waals surface area (Å²) in [5.41, 5.74) is 3.12. The van der Waals surface area contributed by atoms with Gasteiger partial charge >= 0.3 is 0 Å². The number of alkyl halides is 1. The van der Waals surface area contributed by atoms with Crippen LogP contribution in [0.2, 0.25) is 0 Å². The molecule has 1 aliphatic rings. The van der Waals surface area contributed by atoms with Gasteiger partial charge in [0.15, 0.2) is 0 Å². The maximum absolute atomic E-state index is 3.56. The lowest BCUT2D eigenvalue weighted by Crippen LogP contribution is -2.29. The lowest BCUT2D eigenvalue weighted by molar-refractivity contribution is 0.528. The first-order valence-electron chi connectivity index (χ1n) is 5.76. The minimum atomic E-state index is 0.779. The van der Waals surface area contributed by atoms with Crippen LogP contribution in [0.25, 0.3) is 0 Å². The van der Waals surface area contributed by atoms with Crippen molar-refractivity contribution < 1.29 is 0 Å². The molecule has 1 aromatic rings. The van der Waals surface area contributed by atoms with E-state index >= 15 is 0 Å². The lowest BCUT2D eigenvalue weighted by Gasteiger charge is -2.30. The molecule has 0 aromatic heterocycles. The number of unbranched alkanes of at least 4 members (excludes halogenated alkanes) is 1. The van der Waals surface area contributed by atoms with E-state index in [1.54, 1.807) is 11.1 Å². The van der Waals surface area contributed by atoms with Gasteiger partial charge in [0.2, 0.25) is 0 Å². The number of hydrogen-bond acceptors (Lipinski definition) is 1. The standard InChI is InChI=1S/C13H18IN/c14-7-3-4-8-15-10-12-9-11-5-1-2-6-13(11)12/h1-2,5-6,12,15H,3-4,7-10H2. The first kappa shape index (κ1) is 11.4. The highest BCUT2D eigenvalue weighted by molar-refractivity contribution is 14.1. The molecule has 0 saturated heterocycles. The third kappa shape index (κ3) is 2.94. The second-order valence-corrected chi connectivity index (χ2v) is 5.28. The van der Waals surface area contributed by atoms with Gasteiger partial charge in [-0.2, -0.15) is 0 Å². The van der Waals surface area contributed by atoms with E-state index in [2.05, 4.69) is 52.2 Å². The van der Waals surface area contributed by atoms with Crippen molar-refractivity contribution in [3.8, 4) is 0 Å². The fraction of sp³-hybridized carbons (Fsp3) is 0.538. The molecule has 1 aliphatic carbocycles. The van der Waals surface area contributed by atoms with E-state index in [4.69, 9.17) is 0 Å². The van der Waals surface area contributed by atoms with Crippen LogP contribution in [-0.4, -0.2) is 17.5 Å². The third-order valence-electron chi connectivity index (χ3n) is 3.09. The average Bonchev–Trinajstić information content (AvgIpc) is 2.24. The molecule has 0 saturated carbocycles. The van der Waals surface area contributed by atoms with Crippen LogP contribution in [0.5, 0.6) is 0 Å². The van der Waals surface area contributed by atoms with E-state index in [0.29, 0.717) is 0 Å². The Kier molecular flexibility index (Phi) is 4.44. The van der Waals surface area contributed by atoms with Crippen LogP contribution >= 0.6 is 22.6 Å². The Balaban J connectivity index is 1.67. The third-order valence-corrected chi connectivity index (χ3v) is 3.85. The van der Waals surface area contributed by atoms with Crippen LogP contribution in [0.1, 0.15) is 29.9 Å². The summed E-state index contributed by atoms with van der Waals surface area (Å²) in [7, 11) is 0. The number of hydrogen-bond donors (Lipinski definition) is 1. The molecular formula is C13H18IN. The summed E-state index contributed by atoms with van der Waals surface area (Å²) in [6, 6.07) is 8.82. The molecule has 1 atom stereocenters. The molecule has 0 heterocycles. The van der Waals surface area contributed by atoms with E-state index in [9.17, 15) is 0 Å². The highest BCUT2D eigenvalue weighted by Gasteiger charge is 2.24. The summed E-state index contributed by atoms with van der Waals surface area (Å²) in [6.07, 6.45) is 3.93. The molecular weight excluding hydrogens is 297 g/mol. The zero-order valence-electron chi connectivity index (χ0n) is 9.01. The second-order valence-electron chi connectivity index (χ2n) is 4.20. The van der Waals surface area contributed by atoms with E-state index in [0.717, 1.165) is 12.5 Å². The van der Waals surface area contributed by atoms with E-state index in [1.165, 1.54) is 30.2 Å². The normalized spacial score (nSPS) is 18.3. The SMILES string of the molecule is ICCCCNCC1Cc2ccccc21. The van der Waals surface area contributed by atoms with Crippen LogP contribution in [0, 0.1) is 0 Å². The van der Waals surface area contributed by atoms with Gasteiger partial charge in [0.05, 0.1) is 0 Å². The molecule has 1 aromatic carbocycles. The number of rotatable bonds is 6. The van der Waals surface area contributed by atoms with Crippen molar-refractivity contribution in [2.45, 2.75) is 25.2 Å². The molecule has 0 fully saturated rings. The van der Waals surface area contributed by atoms with Crippen molar-refractivity contribution in [1.82, 2.24) is 5.32 Å². The summed E-state index contributed by atoms with van der Waals surface area (Å²) < 4.78 is 1.28. The van der Waals surface area contributed by atoms with Gasteiger partial charge in [-0.05, 0) is 41.4 Å². The molecule has 1 N–H and O–H groups in total. The molecule has 0 spiro atoms. The van der Waals surface area contributed by atoms with Crippen molar-refractivity contribution in [3.63, 3.8) is 0 Å². The molecule has 0 amide bonds. The quantitative estimate of drug-likeness (QED) is 0.483. The van der Waals surface area contributed by atoms with Crippen LogP contribution in [0.15, 0.2) is 24.3 Å². The molecule has 2 rings (SSSR count). The molecule has 1 nitrogen and oxygen atoms in total. The summed E-state index contributed by atoms with van der Waals surface area (Å²) in [6.45, 7) is 2.35. The first-order valence-corrected chi connectivity index (χ1v) is 7.29. The topological polar surface area (TPSA) is 12.0 Å². The predicted octanol–water partition coefficient (Wildman–Crippen LogP) is 3.13. The van der Waals surface area contributed by atoms with Gasteiger partial charge < -0.3 is 5.32 Å². The average molecular weight is 315 g/mol. The van der Waals surface area contributed by atoms with Gasteiger partial charge in [-0.1, -0.05) is 46.9 Å². The largest absolute Gasteiger partial charge is 0.316 e. The van der Waals surface area contributed by atoms with Crippen LogP contribution in [-0.2, 0) is 6.42 Å². The highest BCUT2D eigenvalue weighted by atomic mass is 127. The summed E-state index contributed by atoms with van der Waals surface area (Å²) in [5.74, 6) is 0.779. The summed E-state index contributed by atoms with van der Waals surface area (Å²) in [5, 5.41) is 3.56. The maximum Gasteiger partial charge on any atom is 0.00234 e. The molecule has 82 valence electrons. The Bertz CT molecular complexity index is 311. The van der Waals surface area contributed by atoms with Gasteiger partial charge in [-0.15, -0.1) is 0 Å². The van der Waals surface area contributed by atoms with Crippen molar-refractivity contribution in [1.29, 1.82) is 0 Å². The fourth-order valence-corrected chi connectivity index (χ4v) is 2.70. The monoisotopic (exact) mass is 315 g/mol. The summed E-state index contributed by atoms with van der Waals surface area (Å²) >= 11 is 2.44. The van der Waals surface area contributed by atoms with Crippen LogP contribution < -0.4 is 5.32 Å². The van der Waals surface area contributed by atoms with Crippen molar-refractivity contribution in [3.05, 3.63) is 35.4 Å². The summed E-state index contributed by atoms with van der Waals surface area (Å²) in [4.78, 5) is 0. The molecule has 1 unspecified atom stereocenters. The second kappa shape index (κ2) is 5.85. The van der Waals surface area contributed by atoms with Crippen molar-refractivity contribution in [2.24, 2.45) is 0 Å². The lowest BCUT2D eigenvalue weighted by atomic mass is 9.77. The number of fused-ring (bicyclic) bond motifs is 1. The first-order chi connectivity index (χ1) is 7.42. The number of benzene rings is 1. The zero-order valence-corrected chi connectivity index (χ0v) is 11.2. The van der Waals surface area contributed by atoms with E-state index in [-0.39, 0.29) is 0 Å². The van der Waals surface area contributed by atoms with Gasteiger partial charge in [-0.25, -0.2) is 0 Å².